The molecule has 25 heavy (non-hydrogen) atoms. The van der Waals surface area contributed by atoms with E-state index in [4.69, 9.17) is 4.74 Å². The van der Waals surface area contributed by atoms with Gasteiger partial charge in [-0.3, -0.25) is 0 Å². The highest BCUT2D eigenvalue weighted by Crippen LogP contribution is 2.47. The van der Waals surface area contributed by atoms with Crippen LogP contribution in [0.15, 0.2) is 78.4 Å². The lowest BCUT2D eigenvalue weighted by Gasteiger charge is -2.36. The maximum Gasteiger partial charge on any atom is 0.129 e. The van der Waals surface area contributed by atoms with E-state index in [1.54, 1.807) is 0 Å². The second-order valence-corrected chi connectivity index (χ2v) is 6.74. The summed E-state index contributed by atoms with van der Waals surface area (Å²) in [5, 5.41) is 3.68. The molecule has 0 aromatic heterocycles. The first-order chi connectivity index (χ1) is 12.3. The number of fused-ring (bicyclic) bond motifs is 3. The van der Waals surface area contributed by atoms with Crippen LogP contribution in [0.5, 0.6) is 5.75 Å². The summed E-state index contributed by atoms with van der Waals surface area (Å²) in [5.74, 6) is 1.18. The molecule has 2 aliphatic rings. The van der Waals surface area contributed by atoms with Gasteiger partial charge in [0.05, 0.1) is 5.70 Å². The van der Waals surface area contributed by atoms with E-state index in [2.05, 4.69) is 72.9 Å². The Bertz CT molecular complexity index is 988. The van der Waals surface area contributed by atoms with Gasteiger partial charge in [0.15, 0.2) is 0 Å². The molecule has 0 spiro atoms. The minimum Gasteiger partial charge on any atom is -0.488 e. The predicted octanol–water partition coefficient (Wildman–Crippen LogP) is 5.36. The van der Waals surface area contributed by atoms with Crippen LogP contribution in [0.1, 0.15) is 28.2 Å². The van der Waals surface area contributed by atoms with Crippen molar-refractivity contribution in [1.82, 2.24) is 0 Å². The summed E-state index contributed by atoms with van der Waals surface area (Å²) in [7, 11) is 0. The van der Waals surface area contributed by atoms with Crippen LogP contribution >= 0.6 is 0 Å². The second kappa shape index (κ2) is 5.52. The zero-order valence-corrected chi connectivity index (χ0v) is 14.1. The van der Waals surface area contributed by atoms with Crippen molar-refractivity contribution >= 4 is 11.4 Å². The fraction of sp³-hybridized carbons (Fsp3) is 0.130. The maximum atomic E-state index is 6.09. The number of benzene rings is 3. The summed E-state index contributed by atoms with van der Waals surface area (Å²) >= 11 is 0. The largest absolute Gasteiger partial charge is 0.488 e. The van der Waals surface area contributed by atoms with Crippen molar-refractivity contribution in [3.8, 4) is 5.75 Å². The molecule has 1 N–H and O–H groups in total. The van der Waals surface area contributed by atoms with E-state index in [0.717, 1.165) is 11.3 Å². The number of aryl methyl sites for hydroxylation is 1. The predicted molar refractivity (Wildman–Crippen MR) is 102 cm³/mol. The van der Waals surface area contributed by atoms with Gasteiger partial charge in [-0.25, -0.2) is 0 Å². The summed E-state index contributed by atoms with van der Waals surface area (Å²) in [5.41, 5.74) is 8.77. The number of anilines is 1. The van der Waals surface area contributed by atoms with E-state index in [9.17, 15) is 0 Å². The van der Waals surface area contributed by atoms with Crippen molar-refractivity contribution in [2.24, 2.45) is 0 Å². The van der Waals surface area contributed by atoms with Crippen molar-refractivity contribution in [3.63, 3.8) is 0 Å². The number of hydrogen-bond donors (Lipinski definition) is 1. The van der Waals surface area contributed by atoms with Crippen LogP contribution in [-0.4, -0.2) is 6.61 Å². The minimum absolute atomic E-state index is 0.223. The van der Waals surface area contributed by atoms with Gasteiger partial charge in [-0.05, 0) is 36.2 Å². The summed E-state index contributed by atoms with van der Waals surface area (Å²) in [6.45, 7) is 2.77. The zero-order valence-electron chi connectivity index (χ0n) is 14.1. The molecule has 3 aromatic rings. The Morgan fingerprint density at radius 3 is 2.60 bits per heavy atom. The van der Waals surface area contributed by atoms with E-state index >= 15 is 0 Å². The Hall–Kier alpha value is -3.00. The third-order valence-corrected chi connectivity index (χ3v) is 5.12. The average molecular weight is 325 g/mol. The maximum absolute atomic E-state index is 6.09. The number of nitrogens with one attached hydrogen (secondary N) is 1. The van der Waals surface area contributed by atoms with Crippen LogP contribution in [0.25, 0.3) is 5.70 Å². The molecule has 1 unspecified atom stereocenters. The van der Waals surface area contributed by atoms with Crippen LogP contribution in [0.4, 0.5) is 5.69 Å². The third kappa shape index (κ3) is 2.25. The molecule has 0 saturated carbocycles. The Kier molecular flexibility index (Phi) is 3.17. The molecule has 2 heterocycles. The third-order valence-electron chi connectivity index (χ3n) is 5.12. The molecular weight excluding hydrogens is 306 g/mol. The first-order valence-electron chi connectivity index (χ1n) is 8.69. The fourth-order valence-corrected chi connectivity index (χ4v) is 3.96. The Morgan fingerprint density at radius 1 is 0.920 bits per heavy atom. The van der Waals surface area contributed by atoms with Crippen molar-refractivity contribution in [1.29, 1.82) is 0 Å². The molecule has 0 saturated heterocycles. The lowest BCUT2D eigenvalue weighted by molar-refractivity contribution is 0.339. The zero-order chi connectivity index (χ0) is 16.8. The SMILES string of the molecule is Cc1ccc2c(c1)C(c1ccccc1)C1=C(N2)c2ccccc2OC1. The Labute approximate surface area is 147 Å². The number of ether oxygens (including phenoxy) is 1. The molecule has 122 valence electrons. The van der Waals surface area contributed by atoms with Crippen molar-refractivity contribution in [2.45, 2.75) is 12.8 Å². The molecule has 5 rings (SSSR count). The number of para-hydroxylation sites is 1. The number of hydrogen-bond acceptors (Lipinski definition) is 2. The molecule has 0 fully saturated rings. The van der Waals surface area contributed by atoms with Gasteiger partial charge in [-0.1, -0.05) is 60.2 Å². The van der Waals surface area contributed by atoms with Crippen molar-refractivity contribution in [2.75, 3.05) is 11.9 Å². The first-order valence-corrected chi connectivity index (χ1v) is 8.69. The van der Waals surface area contributed by atoms with E-state index in [1.807, 2.05) is 12.1 Å². The summed E-state index contributed by atoms with van der Waals surface area (Å²) in [4.78, 5) is 0. The van der Waals surface area contributed by atoms with Crippen LogP contribution in [0.3, 0.4) is 0 Å². The lowest BCUT2D eigenvalue weighted by Crippen LogP contribution is -2.25. The average Bonchev–Trinajstić information content (AvgIpc) is 2.67. The Balaban J connectivity index is 1.77. The van der Waals surface area contributed by atoms with Gasteiger partial charge in [0.1, 0.15) is 12.4 Å². The van der Waals surface area contributed by atoms with Crippen LogP contribution in [0.2, 0.25) is 0 Å². The summed E-state index contributed by atoms with van der Waals surface area (Å²) < 4.78 is 6.09. The van der Waals surface area contributed by atoms with Gasteiger partial charge in [0, 0.05) is 22.7 Å². The van der Waals surface area contributed by atoms with Gasteiger partial charge in [-0.2, -0.15) is 0 Å². The monoisotopic (exact) mass is 325 g/mol. The van der Waals surface area contributed by atoms with Gasteiger partial charge >= 0.3 is 0 Å². The van der Waals surface area contributed by atoms with Crippen LogP contribution < -0.4 is 10.1 Å². The van der Waals surface area contributed by atoms with Crippen molar-refractivity contribution < 1.29 is 4.74 Å². The molecular formula is C23H19NO. The number of rotatable bonds is 1. The highest BCUT2D eigenvalue weighted by Gasteiger charge is 2.33. The molecule has 0 bridgehead atoms. The van der Waals surface area contributed by atoms with Gasteiger partial charge in [-0.15, -0.1) is 0 Å². The summed E-state index contributed by atoms with van der Waals surface area (Å²) in [6.07, 6.45) is 0. The highest BCUT2D eigenvalue weighted by atomic mass is 16.5. The molecule has 0 aliphatic carbocycles. The second-order valence-electron chi connectivity index (χ2n) is 6.74. The molecule has 1 atom stereocenters. The molecule has 2 aliphatic heterocycles. The molecule has 0 amide bonds. The van der Waals surface area contributed by atoms with E-state index in [0.29, 0.717) is 6.61 Å². The minimum atomic E-state index is 0.223. The van der Waals surface area contributed by atoms with Gasteiger partial charge in [0.25, 0.3) is 0 Å². The first kappa shape index (κ1) is 14.4. The lowest BCUT2D eigenvalue weighted by atomic mass is 9.78. The molecule has 3 aromatic carbocycles. The van der Waals surface area contributed by atoms with E-state index in [1.165, 1.54) is 33.6 Å². The fourth-order valence-electron chi connectivity index (χ4n) is 3.96. The molecule has 2 nitrogen and oxygen atoms in total. The normalized spacial score (nSPS) is 17.7. The van der Waals surface area contributed by atoms with Crippen LogP contribution in [-0.2, 0) is 0 Å². The Morgan fingerprint density at radius 2 is 1.72 bits per heavy atom. The van der Waals surface area contributed by atoms with Crippen molar-refractivity contribution in [3.05, 3.63) is 101 Å². The smallest absolute Gasteiger partial charge is 0.129 e. The van der Waals surface area contributed by atoms with E-state index in [-0.39, 0.29) is 5.92 Å². The van der Waals surface area contributed by atoms with Crippen LogP contribution in [0, 0.1) is 6.92 Å². The molecule has 2 heteroatoms. The summed E-state index contributed by atoms with van der Waals surface area (Å²) in [6, 6.07) is 25.7. The standard InChI is InChI=1S/C23H19NO/c1-15-11-12-20-18(13-15)22(16-7-3-2-4-8-16)19-14-25-21-10-6-5-9-17(21)23(19)24-20/h2-13,22,24H,14H2,1H3. The highest BCUT2D eigenvalue weighted by molar-refractivity contribution is 5.89. The molecule has 0 radical (unpaired) electrons. The quantitative estimate of drug-likeness (QED) is 0.650. The topological polar surface area (TPSA) is 21.3 Å². The van der Waals surface area contributed by atoms with Gasteiger partial charge in [0.2, 0.25) is 0 Å². The van der Waals surface area contributed by atoms with E-state index < -0.39 is 0 Å². The van der Waals surface area contributed by atoms with Gasteiger partial charge < -0.3 is 10.1 Å².